The number of hydrogen-bond acceptors (Lipinski definition) is 4. The number of cyclic esters (lactones) is 1. The molecule has 1 heterocycles. The highest BCUT2D eigenvalue weighted by molar-refractivity contribution is 6.30. The van der Waals surface area contributed by atoms with Crippen molar-refractivity contribution in [2.45, 2.75) is 12.5 Å². The molecule has 0 unspecified atom stereocenters. The fourth-order valence-electron chi connectivity index (χ4n) is 2.42. The molecule has 5 heteroatoms. The van der Waals surface area contributed by atoms with Gasteiger partial charge in [0.2, 0.25) is 5.76 Å². The molecule has 0 aromatic heterocycles. The second kappa shape index (κ2) is 5.07. The van der Waals surface area contributed by atoms with E-state index in [4.69, 9.17) is 16.3 Å². The number of ether oxygens (including phenoxy) is 1. The Balaban J connectivity index is 1.95. The maximum Gasteiger partial charge on any atom is 0.378 e. The van der Waals surface area contributed by atoms with Gasteiger partial charge < -0.3 is 14.9 Å². The first-order valence-corrected chi connectivity index (χ1v) is 7.02. The molecule has 2 N–H and O–H groups in total. The zero-order chi connectivity index (χ0) is 15.9. The van der Waals surface area contributed by atoms with Gasteiger partial charge in [-0.15, -0.1) is 0 Å². The van der Waals surface area contributed by atoms with Crippen molar-refractivity contribution >= 4 is 17.6 Å². The quantitative estimate of drug-likeness (QED) is 0.818. The molecule has 3 rings (SSSR count). The lowest BCUT2D eigenvalue weighted by atomic mass is 9.92. The van der Waals surface area contributed by atoms with Crippen molar-refractivity contribution in [3.05, 3.63) is 70.6 Å². The van der Waals surface area contributed by atoms with Crippen molar-refractivity contribution in [3.63, 3.8) is 0 Å². The van der Waals surface area contributed by atoms with Gasteiger partial charge in [0.25, 0.3) is 0 Å². The second-order valence-electron chi connectivity index (χ2n) is 5.20. The molecule has 0 radical (unpaired) electrons. The summed E-state index contributed by atoms with van der Waals surface area (Å²) in [5.74, 6) is -2.15. The molecule has 1 atom stereocenters. The van der Waals surface area contributed by atoms with Crippen molar-refractivity contribution in [2.75, 3.05) is 0 Å². The number of aliphatic hydroxyl groups is 2. The van der Waals surface area contributed by atoms with Crippen LogP contribution in [-0.2, 0) is 15.1 Å². The third-order valence-corrected chi connectivity index (χ3v) is 4.03. The molecule has 4 nitrogen and oxygen atoms in total. The number of esters is 1. The van der Waals surface area contributed by atoms with Gasteiger partial charge in [-0.2, -0.15) is 0 Å². The first kappa shape index (κ1) is 14.5. The highest BCUT2D eigenvalue weighted by atomic mass is 35.5. The molecule has 0 bridgehead atoms. The molecule has 0 aliphatic carbocycles. The van der Waals surface area contributed by atoms with Gasteiger partial charge in [0.05, 0.1) is 0 Å². The summed E-state index contributed by atoms with van der Waals surface area (Å²) in [6.45, 7) is 1.53. The predicted octanol–water partition coefficient (Wildman–Crippen LogP) is 4.11. The van der Waals surface area contributed by atoms with Crippen LogP contribution in [0.15, 0.2) is 60.0 Å². The van der Waals surface area contributed by atoms with Crippen LogP contribution in [0.3, 0.4) is 0 Å². The molecule has 2 aromatic rings. The van der Waals surface area contributed by atoms with Gasteiger partial charge in [-0.25, -0.2) is 4.79 Å². The van der Waals surface area contributed by atoms with Gasteiger partial charge in [-0.05, 0) is 30.2 Å². The molecule has 0 fully saturated rings. The van der Waals surface area contributed by atoms with Crippen LogP contribution in [0.25, 0.3) is 11.1 Å². The van der Waals surface area contributed by atoms with E-state index in [9.17, 15) is 15.0 Å². The molecule has 1 aliphatic rings. The standard InChI is InChI=1S/C17H13ClO4/c1-17(15(20)14(19)16(21)22-17)12-6-2-10(3-7-12)11-4-8-13(18)9-5-11/h2-9,19-20H,1H3/t17-/m1/s1. The van der Waals surface area contributed by atoms with Crippen LogP contribution in [0.2, 0.25) is 5.02 Å². The van der Waals surface area contributed by atoms with Crippen molar-refractivity contribution in [3.8, 4) is 11.1 Å². The molecule has 22 heavy (non-hydrogen) atoms. The van der Waals surface area contributed by atoms with E-state index in [0.29, 0.717) is 10.6 Å². The smallest absolute Gasteiger partial charge is 0.378 e. The Morgan fingerprint density at radius 3 is 1.91 bits per heavy atom. The van der Waals surface area contributed by atoms with Gasteiger partial charge in [-0.3, -0.25) is 0 Å². The van der Waals surface area contributed by atoms with E-state index in [1.807, 2.05) is 24.3 Å². The van der Waals surface area contributed by atoms with E-state index in [2.05, 4.69) is 0 Å². The maximum atomic E-state index is 11.4. The Morgan fingerprint density at radius 1 is 0.955 bits per heavy atom. The van der Waals surface area contributed by atoms with Crippen LogP contribution in [0.1, 0.15) is 12.5 Å². The SMILES string of the molecule is C[C@]1(c2ccc(-c3ccc(Cl)cc3)cc2)OC(=O)C(O)=C1O. The van der Waals surface area contributed by atoms with E-state index in [1.54, 1.807) is 24.3 Å². The van der Waals surface area contributed by atoms with Crippen LogP contribution < -0.4 is 0 Å². The molecule has 0 spiro atoms. The van der Waals surface area contributed by atoms with Crippen molar-refractivity contribution < 1.29 is 19.7 Å². The average molecular weight is 317 g/mol. The van der Waals surface area contributed by atoms with Crippen molar-refractivity contribution in [1.82, 2.24) is 0 Å². The van der Waals surface area contributed by atoms with Crippen LogP contribution in [0.4, 0.5) is 0 Å². The number of carbonyl (C=O) groups is 1. The Bertz CT molecular complexity index is 762. The second-order valence-corrected chi connectivity index (χ2v) is 5.64. The number of carbonyl (C=O) groups excluding carboxylic acids is 1. The zero-order valence-corrected chi connectivity index (χ0v) is 12.5. The number of hydrogen-bond donors (Lipinski definition) is 2. The number of rotatable bonds is 2. The third kappa shape index (κ3) is 2.22. The monoisotopic (exact) mass is 316 g/mol. The lowest BCUT2D eigenvalue weighted by molar-refractivity contribution is -0.149. The predicted molar refractivity (Wildman–Crippen MR) is 82.6 cm³/mol. The van der Waals surface area contributed by atoms with Crippen LogP contribution >= 0.6 is 11.6 Å². The van der Waals surface area contributed by atoms with E-state index in [1.165, 1.54) is 6.92 Å². The van der Waals surface area contributed by atoms with Gasteiger partial charge in [0, 0.05) is 10.6 Å². The summed E-state index contributed by atoms with van der Waals surface area (Å²) in [4.78, 5) is 11.4. The number of aliphatic hydroxyl groups excluding tert-OH is 2. The van der Waals surface area contributed by atoms with Crippen LogP contribution in [-0.4, -0.2) is 16.2 Å². The molecule has 2 aromatic carbocycles. The fourth-order valence-corrected chi connectivity index (χ4v) is 2.55. The summed E-state index contributed by atoms with van der Waals surface area (Å²) in [6, 6.07) is 14.6. The van der Waals surface area contributed by atoms with Gasteiger partial charge >= 0.3 is 5.97 Å². The summed E-state index contributed by atoms with van der Waals surface area (Å²) in [6.07, 6.45) is 0. The molecular formula is C17H13ClO4. The highest BCUT2D eigenvalue weighted by Crippen LogP contribution is 2.39. The summed E-state index contributed by atoms with van der Waals surface area (Å²) >= 11 is 5.87. The largest absolute Gasteiger partial charge is 0.505 e. The summed E-state index contributed by atoms with van der Waals surface area (Å²) in [5, 5.41) is 20.1. The van der Waals surface area contributed by atoms with E-state index >= 15 is 0 Å². The average Bonchev–Trinajstić information content (AvgIpc) is 2.73. The highest BCUT2D eigenvalue weighted by Gasteiger charge is 2.46. The summed E-state index contributed by atoms with van der Waals surface area (Å²) < 4.78 is 5.09. The number of benzene rings is 2. The minimum absolute atomic E-state index is 0.475. The van der Waals surface area contributed by atoms with Crippen molar-refractivity contribution in [1.29, 1.82) is 0 Å². The molecule has 1 aliphatic heterocycles. The van der Waals surface area contributed by atoms with Crippen molar-refractivity contribution in [2.24, 2.45) is 0 Å². The first-order valence-electron chi connectivity index (χ1n) is 6.64. The molecule has 112 valence electrons. The third-order valence-electron chi connectivity index (χ3n) is 3.78. The number of halogens is 1. The fraction of sp³-hybridized carbons (Fsp3) is 0.118. The Hall–Kier alpha value is -2.46. The molecule has 0 saturated heterocycles. The lowest BCUT2D eigenvalue weighted by Crippen LogP contribution is -2.25. The minimum atomic E-state index is -1.36. The zero-order valence-electron chi connectivity index (χ0n) is 11.7. The van der Waals surface area contributed by atoms with E-state index in [-0.39, 0.29) is 0 Å². The molecule has 0 saturated carbocycles. The molecule has 0 amide bonds. The Morgan fingerprint density at radius 2 is 1.45 bits per heavy atom. The molecular weight excluding hydrogens is 304 g/mol. The topological polar surface area (TPSA) is 66.8 Å². The van der Waals surface area contributed by atoms with E-state index in [0.717, 1.165) is 11.1 Å². The Kier molecular flexibility index (Phi) is 3.34. The normalized spacial score (nSPS) is 21.1. The van der Waals surface area contributed by atoms with Crippen LogP contribution in [0.5, 0.6) is 0 Å². The first-order chi connectivity index (χ1) is 10.4. The summed E-state index contributed by atoms with van der Waals surface area (Å²) in [7, 11) is 0. The van der Waals surface area contributed by atoms with Crippen LogP contribution in [0, 0.1) is 0 Å². The Labute approximate surface area is 132 Å². The van der Waals surface area contributed by atoms with Gasteiger partial charge in [0.1, 0.15) is 0 Å². The minimum Gasteiger partial charge on any atom is -0.505 e. The maximum absolute atomic E-state index is 11.4. The van der Waals surface area contributed by atoms with E-state index < -0.39 is 23.1 Å². The summed E-state index contributed by atoms with van der Waals surface area (Å²) in [5.41, 5.74) is 1.16. The van der Waals surface area contributed by atoms with Gasteiger partial charge in [-0.1, -0.05) is 48.0 Å². The lowest BCUT2D eigenvalue weighted by Gasteiger charge is -2.23. The van der Waals surface area contributed by atoms with Gasteiger partial charge in [0.15, 0.2) is 11.4 Å².